The van der Waals surface area contributed by atoms with Crippen molar-refractivity contribution in [3.8, 4) is 0 Å². The fourth-order valence-corrected chi connectivity index (χ4v) is 1.94. The van der Waals surface area contributed by atoms with Crippen molar-refractivity contribution in [2.45, 2.75) is 50.6 Å². The van der Waals surface area contributed by atoms with Crippen LogP contribution in [0.4, 0.5) is 0 Å². The van der Waals surface area contributed by atoms with Crippen molar-refractivity contribution in [2.75, 3.05) is 0 Å². The van der Waals surface area contributed by atoms with E-state index in [1.54, 1.807) is 0 Å². The summed E-state index contributed by atoms with van der Waals surface area (Å²) in [6, 6.07) is -0.348. The molecule has 0 saturated heterocycles. The number of carboxylic acid groups (broad SMARTS) is 1. The van der Waals surface area contributed by atoms with Gasteiger partial charge in [0.2, 0.25) is 5.91 Å². The Bertz CT molecular complexity index is 237. The zero-order valence-electron chi connectivity index (χ0n) is 8.74. The number of carboxylic acids is 1. The van der Waals surface area contributed by atoms with Gasteiger partial charge in [-0.15, -0.1) is 0 Å². The Morgan fingerprint density at radius 3 is 2.47 bits per heavy atom. The molecule has 0 radical (unpaired) electrons. The van der Waals surface area contributed by atoms with Gasteiger partial charge in [0.15, 0.2) is 0 Å². The fraction of sp³-hybridized carbons (Fsp3) is 0.800. The first-order chi connectivity index (χ1) is 7.09. The summed E-state index contributed by atoms with van der Waals surface area (Å²) < 4.78 is 0. The number of hydrogen-bond donors (Lipinski definition) is 3. The minimum absolute atomic E-state index is 0.122. The third kappa shape index (κ3) is 4.29. The van der Waals surface area contributed by atoms with Crippen LogP contribution in [0, 0.1) is 0 Å². The minimum Gasteiger partial charge on any atom is -0.480 e. The van der Waals surface area contributed by atoms with E-state index in [-0.39, 0.29) is 12.8 Å². The van der Waals surface area contributed by atoms with E-state index >= 15 is 0 Å². The van der Waals surface area contributed by atoms with E-state index in [9.17, 15) is 9.59 Å². The molecule has 0 aromatic carbocycles. The van der Waals surface area contributed by atoms with Gasteiger partial charge in [-0.1, -0.05) is 12.8 Å². The molecule has 0 aliphatic heterocycles. The van der Waals surface area contributed by atoms with E-state index in [0.29, 0.717) is 6.04 Å². The van der Waals surface area contributed by atoms with Crippen LogP contribution in [0.15, 0.2) is 0 Å². The largest absolute Gasteiger partial charge is 0.480 e. The first-order valence-corrected chi connectivity index (χ1v) is 5.36. The molecule has 0 aromatic heterocycles. The normalized spacial score (nSPS) is 18.9. The average molecular weight is 214 g/mol. The van der Waals surface area contributed by atoms with Gasteiger partial charge in [0, 0.05) is 12.5 Å². The number of primary amides is 1. The van der Waals surface area contributed by atoms with Crippen LogP contribution in [0.3, 0.4) is 0 Å². The Morgan fingerprint density at radius 1 is 1.40 bits per heavy atom. The van der Waals surface area contributed by atoms with Crippen LogP contribution in [0.5, 0.6) is 0 Å². The lowest BCUT2D eigenvalue weighted by Crippen LogP contribution is -2.42. The second-order valence-corrected chi connectivity index (χ2v) is 4.04. The molecule has 0 heterocycles. The number of nitrogens with two attached hydrogens (primary N) is 1. The first kappa shape index (κ1) is 12.0. The van der Waals surface area contributed by atoms with Crippen LogP contribution in [0.2, 0.25) is 0 Å². The summed E-state index contributed by atoms with van der Waals surface area (Å²) in [4.78, 5) is 21.5. The lowest BCUT2D eigenvalue weighted by molar-refractivity contribution is -0.140. The molecule has 15 heavy (non-hydrogen) atoms. The Hall–Kier alpha value is -1.10. The van der Waals surface area contributed by atoms with E-state index in [1.807, 2.05) is 0 Å². The van der Waals surface area contributed by atoms with E-state index in [0.717, 1.165) is 25.7 Å². The summed E-state index contributed by atoms with van der Waals surface area (Å²) in [7, 11) is 0. The second-order valence-electron chi connectivity index (χ2n) is 4.04. The van der Waals surface area contributed by atoms with Crippen LogP contribution in [0.25, 0.3) is 0 Å². The molecule has 0 bridgehead atoms. The van der Waals surface area contributed by atoms with Crippen molar-refractivity contribution in [1.82, 2.24) is 5.32 Å². The van der Waals surface area contributed by atoms with Gasteiger partial charge >= 0.3 is 5.97 Å². The van der Waals surface area contributed by atoms with Gasteiger partial charge in [-0.3, -0.25) is 9.59 Å². The molecule has 0 unspecified atom stereocenters. The standard InChI is InChI=1S/C10H18N2O3/c11-9(13)6-5-8(10(14)15)12-7-3-1-2-4-7/h7-8,12H,1-6H2,(H2,11,13)(H,14,15)/t8-/m0/s1. The highest BCUT2D eigenvalue weighted by molar-refractivity contribution is 5.77. The molecular weight excluding hydrogens is 196 g/mol. The van der Waals surface area contributed by atoms with Crippen molar-refractivity contribution >= 4 is 11.9 Å². The molecule has 1 amide bonds. The van der Waals surface area contributed by atoms with Gasteiger partial charge in [-0.2, -0.15) is 0 Å². The summed E-state index contributed by atoms with van der Waals surface area (Å²) >= 11 is 0. The monoisotopic (exact) mass is 214 g/mol. The average Bonchev–Trinajstić information content (AvgIpc) is 2.63. The maximum atomic E-state index is 10.9. The molecule has 1 atom stereocenters. The molecule has 5 nitrogen and oxygen atoms in total. The van der Waals surface area contributed by atoms with Gasteiger partial charge in [-0.05, 0) is 19.3 Å². The summed E-state index contributed by atoms with van der Waals surface area (Å²) in [5.74, 6) is -1.35. The molecule has 4 N–H and O–H groups in total. The Morgan fingerprint density at radius 2 is 2.00 bits per heavy atom. The summed E-state index contributed by atoms with van der Waals surface area (Å²) in [6.07, 6.45) is 4.76. The molecule has 0 spiro atoms. The van der Waals surface area contributed by atoms with Gasteiger partial charge < -0.3 is 16.2 Å². The highest BCUT2D eigenvalue weighted by atomic mass is 16.4. The highest BCUT2D eigenvalue weighted by Crippen LogP contribution is 2.18. The highest BCUT2D eigenvalue weighted by Gasteiger charge is 2.23. The van der Waals surface area contributed by atoms with Crippen LogP contribution >= 0.6 is 0 Å². The maximum absolute atomic E-state index is 10.9. The van der Waals surface area contributed by atoms with E-state index in [1.165, 1.54) is 0 Å². The van der Waals surface area contributed by atoms with Gasteiger partial charge in [0.25, 0.3) is 0 Å². The number of amides is 1. The molecule has 1 saturated carbocycles. The molecule has 0 aromatic rings. The van der Waals surface area contributed by atoms with Gasteiger partial charge in [-0.25, -0.2) is 0 Å². The smallest absolute Gasteiger partial charge is 0.320 e. The Labute approximate surface area is 89.0 Å². The first-order valence-electron chi connectivity index (χ1n) is 5.36. The summed E-state index contributed by atoms with van der Waals surface area (Å²) in [5, 5.41) is 12.0. The van der Waals surface area contributed by atoms with Crippen LogP contribution in [-0.4, -0.2) is 29.1 Å². The minimum atomic E-state index is -0.900. The predicted octanol–water partition coefficient (Wildman–Crippen LogP) is 0.237. The van der Waals surface area contributed by atoms with Crippen molar-refractivity contribution in [3.63, 3.8) is 0 Å². The maximum Gasteiger partial charge on any atom is 0.320 e. The molecule has 1 rings (SSSR count). The van der Waals surface area contributed by atoms with Crippen LogP contribution in [-0.2, 0) is 9.59 Å². The third-order valence-corrected chi connectivity index (χ3v) is 2.77. The van der Waals surface area contributed by atoms with E-state index in [4.69, 9.17) is 10.8 Å². The van der Waals surface area contributed by atoms with Crippen LogP contribution < -0.4 is 11.1 Å². The molecule has 1 aliphatic rings. The van der Waals surface area contributed by atoms with E-state index < -0.39 is 17.9 Å². The molecule has 1 aliphatic carbocycles. The number of carbonyl (C=O) groups excluding carboxylic acids is 1. The van der Waals surface area contributed by atoms with Crippen molar-refractivity contribution in [2.24, 2.45) is 5.73 Å². The Balaban J connectivity index is 2.35. The topological polar surface area (TPSA) is 92.4 Å². The summed E-state index contributed by atoms with van der Waals surface area (Å²) in [6.45, 7) is 0. The molecule has 1 fully saturated rings. The number of aliphatic carboxylic acids is 1. The predicted molar refractivity (Wildman–Crippen MR) is 55.2 cm³/mol. The summed E-state index contributed by atoms with van der Waals surface area (Å²) in [5.41, 5.74) is 4.99. The lowest BCUT2D eigenvalue weighted by atomic mass is 10.1. The lowest BCUT2D eigenvalue weighted by Gasteiger charge is -2.18. The Kier molecular flexibility index (Phi) is 4.55. The SMILES string of the molecule is NC(=O)CC[C@H](NC1CCCC1)C(=O)O. The zero-order chi connectivity index (χ0) is 11.3. The van der Waals surface area contributed by atoms with Crippen molar-refractivity contribution in [3.05, 3.63) is 0 Å². The molecule has 5 heteroatoms. The van der Waals surface area contributed by atoms with Crippen LogP contribution in [0.1, 0.15) is 38.5 Å². The molecule has 86 valence electrons. The fourth-order valence-electron chi connectivity index (χ4n) is 1.94. The number of carbonyl (C=O) groups is 2. The number of nitrogens with one attached hydrogen (secondary N) is 1. The van der Waals surface area contributed by atoms with E-state index in [2.05, 4.69) is 5.32 Å². The van der Waals surface area contributed by atoms with Crippen molar-refractivity contribution < 1.29 is 14.7 Å². The third-order valence-electron chi connectivity index (χ3n) is 2.77. The zero-order valence-corrected chi connectivity index (χ0v) is 8.74. The quantitative estimate of drug-likeness (QED) is 0.590. The molecular formula is C10H18N2O3. The number of hydrogen-bond acceptors (Lipinski definition) is 3. The second kappa shape index (κ2) is 5.70. The van der Waals surface area contributed by atoms with Crippen molar-refractivity contribution in [1.29, 1.82) is 0 Å². The van der Waals surface area contributed by atoms with Gasteiger partial charge in [0.1, 0.15) is 6.04 Å². The van der Waals surface area contributed by atoms with Gasteiger partial charge in [0.05, 0.1) is 0 Å². The number of rotatable bonds is 6.